The van der Waals surface area contributed by atoms with Crippen LogP contribution in [0, 0.1) is 0 Å². The van der Waals surface area contributed by atoms with Gasteiger partial charge in [0.25, 0.3) is 0 Å². The molecule has 104 valence electrons. The molecule has 4 nitrogen and oxygen atoms in total. The van der Waals surface area contributed by atoms with Crippen LogP contribution in [0.25, 0.3) is 0 Å². The van der Waals surface area contributed by atoms with E-state index in [2.05, 4.69) is 15.5 Å². The average molecular weight is 253 g/mol. The third-order valence-electron chi connectivity index (χ3n) is 4.46. The standard InChI is InChI=1S/C14H27N3O/c1-2-13(1)17-9-5-12(11-17)16-8-10-18-14-3-6-15-7-4-14/h12-16H,1-11H2. The lowest BCUT2D eigenvalue weighted by Crippen LogP contribution is -2.37. The van der Waals surface area contributed by atoms with Crippen LogP contribution in [0.1, 0.15) is 32.1 Å². The van der Waals surface area contributed by atoms with Crippen LogP contribution in [0.3, 0.4) is 0 Å². The largest absolute Gasteiger partial charge is 0.377 e. The second-order valence-corrected chi connectivity index (χ2v) is 5.99. The minimum atomic E-state index is 0.500. The summed E-state index contributed by atoms with van der Waals surface area (Å²) in [7, 11) is 0. The van der Waals surface area contributed by atoms with E-state index in [1.807, 2.05) is 0 Å². The predicted octanol–water partition coefficient (Wildman–Crippen LogP) is 0.581. The lowest BCUT2D eigenvalue weighted by Gasteiger charge is -2.23. The Hall–Kier alpha value is -0.160. The number of hydrogen-bond donors (Lipinski definition) is 2. The molecular formula is C14H27N3O. The van der Waals surface area contributed by atoms with E-state index in [9.17, 15) is 0 Å². The zero-order valence-electron chi connectivity index (χ0n) is 11.4. The molecule has 0 aromatic rings. The maximum Gasteiger partial charge on any atom is 0.0600 e. The van der Waals surface area contributed by atoms with Crippen molar-refractivity contribution in [2.45, 2.75) is 50.3 Å². The monoisotopic (exact) mass is 253 g/mol. The number of piperidine rings is 1. The number of nitrogens with one attached hydrogen (secondary N) is 2. The lowest BCUT2D eigenvalue weighted by atomic mass is 10.1. The summed E-state index contributed by atoms with van der Waals surface area (Å²) >= 11 is 0. The van der Waals surface area contributed by atoms with Gasteiger partial charge in [0.1, 0.15) is 0 Å². The molecule has 0 spiro atoms. The van der Waals surface area contributed by atoms with Crippen LogP contribution >= 0.6 is 0 Å². The second-order valence-electron chi connectivity index (χ2n) is 5.99. The third kappa shape index (κ3) is 3.67. The van der Waals surface area contributed by atoms with E-state index in [0.29, 0.717) is 12.1 Å². The molecule has 3 aliphatic rings. The lowest BCUT2D eigenvalue weighted by molar-refractivity contribution is 0.0339. The van der Waals surface area contributed by atoms with Gasteiger partial charge in [-0.15, -0.1) is 0 Å². The van der Waals surface area contributed by atoms with E-state index in [1.54, 1.807) is 0 Å². The van der Waals surface area contributed by atoms with Gasteiger partial charge in [0.2, 0.25) is 0 Å². The molecule has 3 fully saturated rings. The van der Waals surface area contributed by atoms with Crippen LogP contribution in [0.4, 0.5) is 0 Å². The SMILES string of the molecule is C1CC(OCCNC2CCN(C3CC3)C2)CCN1. The van der Waals surface area contributed by atoms with Crippen molar-refractivity contribution in [1.29, 1.82) is 0 Å². The van der Waals surface area contributed by atoms with E-state index in [0.717, 1.165) is 32.3 Å². The van der Waals surface area contributed by atoms with Gasteiger partial charge in [-0.2, -0.15) is 0 Å². The van der Waals surface area contributed by atoms with Gasteiger partial charge < -0.3 is 15.4 Å². The summed E-state index contributed by atoms with van der Waals surface area (Å²) in [6.07, 6.45) is 7.05. The van der Waals surface area contributed by atoms with Gasteiger partial charge in [-0.1, -0.05) is 0 Å². The molecule has 3 rings (SSSR count). The van der Waals surface area contributed by atoms with Gasteiger partial charge in [0.05, 0.1) is 12.7 Å². The molecule has 2 N–H and O–H groups in total. The highest BCUT2D eigenvalue weighted by molar-refractivity contribution is 4.91. The first-order chi connectivity index (χ1) is 8.92. The van der Waals surface area contributed by atoms with Gasteiger partial charge in [-0.3, -0.25) is 4.90 Å². The molecule has 18 heavy (non-hydrogen) atoms. The Bertz CT molecular complexity index is 251. The highest BCUT2D eigenvalue weighted by atomic mass is 16.5. The van der Waals surface area contributed by atoms with Crippen LogP contribution in [0.2, 0.25) is 0 Å². The summed E-state index contributed by atoms with van der Waals surface area (Å²) in [5, 5.41) is 7.02. The first-order valence-electron chi connectivity index (χ1n) is 7.71. The number of nitrogens with zero attached hydrogens (tertiary/aromatic N) is 1. The number of likely N-dealkylation sites (tertiary alicyclic amines) is 1. The maximum atomic E-state index is 5.91. The summed E-state index contributed by atoms with van der Waals surface area (Å²) in [4.78, 5) is 2.66. The Labute approximate surface area is 110 Å². The van der Waals surface area contributed by atoms with Gasteiger partial charge >= 0.3 is 0 Å². The van der Waals surface area contributed by atoms with Crippen molar-refractivity contribution >= 4 is 0 Å². The molecule has 2 saturated heterocycles. The van der Waals surface area contributed by atoms with E-state index in [-0.39, 0.29) is 0 Å². The number of rotatable bonds is 6. The third-order valence-corrected chi connectivity index (χ3v) is 4.46. The average Bonchev–Trinajstić information content (AvgIpc) is 3.16. The highest BCUT2D eigenvalue weighted by Gasteiger charge is 2.33. The molecule has 4 heteroatoms. The fourth-order valence-corrected chi connectivity index (χ4v) is 3.18. The van der Waals surface area contributed by atoms with E-state index >= 15 is 0 Å². The molecule has 0 aromatic heterocycles. The van der Waals surface area contributed by atoms with E-state index < -0.39 is 0 Å². The van der Waals surface area contributed by atoms with Crippen LogP contribution in [-0.2, 0) is 4.74 Å². The number of hydrogen-bond acceptors (Lipinski definition) is 4. The Balaban J connectivity index is 1.24. The van der Waals surface area contributed by atoms with Crippen molar-refractivity contribution in [3.8, 4) is 0 Å². The molecular weight excluding hydrogens is 226 g/mol. The Kier molecular flexibility index (Phi) is 4.52. The zero-order chi connectivity index (χ0) is 12.2. The van der Waals surface area contributed by atoms with Crippen molar-refractivity contribution in [2.75, 3.05) is 39.3 Å². The molecule has 1 unspecified atom stereocenters. The van der Waals surface area contributed by atoms with Crippen LogP contribution < -0.4 is 10.6 Å². The summed E-state index contributed by atoms with van der Waals surface area (Å²) in [5.41, 5.74) is 0. The summed E-state index contributed by atoms with van der Waals surface area (Å²) in [5.74, 6) is 0. The minimum Gasteiger partial charge on any atom is -0.377 e. The zero-order valence-corrected chi connectivity index (χ0v) is 11.4. The van der Waals surface area contributed by atoms with Gasteiger partial charge in [0, 0.05) is 31.7 Å². The second kappa shape index (κ2) is 6.33. The first kappa shape index (κ1) is 12.9. The molecule has 1 aliphatic carbocycles. The van der Waals surface area contributed by atoms with Crippen LogP contribution in [0.15, 0.2) is 0 Å². The van der Waals surface area contributed by atoms with Crippen molar-refractivity contribution in [1.82, 2.24) is 15.5 Å². The Morgan fingerprint density at radius 3 is 2.72 bits per heavy atom. The highest BCUT2D eigenvalue weighted by Crippen LogP contribution is 2.29. The van der Waals surface area contributed by atoms with E-state index in [4.69, 9.17) is 4.74 Å². The molecule has 0 bridgehead atoms. The maximum absolute atomic E-state index is 5.91. The molecule has 0 aromatic carbocycles. The smallest absolute Gasteiger partial charge is 0.0600 e. The van der Waals surface area contributed by atoms with Crippen molar-refractivity contribution in [2.24, 2.45) is 0 Å². The van der Waals surface area contributed by atoms with Crippen molar-refractivity contribution in [3.05, 3.63) is 0 Å². The van der Waals surface area contributed by atoms with Gasteiger partial charge in [-0.05, 0) is 45.2 Å². The predicted molar refractivity (Wildman–Crippen MR) is 72.8 cm³/mol. The van der Waals surface area contributed by atoms with Crippen molar-refractivity contribution < 1.29 is 4.74 Å². The van der Waals surface area contributed by atoms with Crippen molar-refractivity contribution in [3.63, 3.8) is 0 Å². The fraction of sp³-hybridized carbons (Fsp3) is 1.00. The minimum absolute atomic E-state index is 0.500. The summed E-state index contributed by atoms with van der Waals surface area (Å²) < 4.78 is 5.91. The quantitative estimate of drug-likeness (QED) is 0.679. The summed E-state index contributed by atoms with van der Waals surface area (Å²) in [6.45, 7) is 6.71. The molecule has 1 saturated carbocycles. The number of ether oxygens (including phenoxy) is 1. The van der Waals surface area contributed by atoms with E-state index in [1.165, 1.54) is 45.2 Å². The fourth-order valence-electron chi connectivity index (χ4n) is 3.18. The molecule has 0 radical (unpaired) electrons. The topological polar surface area (TPSA) is 36.5 Å². The molecule has 2 heterocycles. The molecule has 1 atom stereocenters. The summed E-state index contributed by atoms with van der Waals surface area (Å²) in [6, 6.07) is 1.64. The van der Waals surface area contributed by atoms with Gasteiger partial charge in [0.15, 0.2) is 0 Å². The first-order valence-corrected chi connectivity index (χ1v) is 7.71. The van der Waals surface area contributed by atoms with Crippen LogP contribution in [-0.4, -0.2) is 62.4 Å². The molecule has 0 amide bonds. The molecule has 2 aliphatic heterocycles. The van der Waals surface area contributed by atoms with Gasteiger partial charge in [-0.25, -0.2) is 0 Å². The Morgan fingerprint density at radius 1 is 1.11 bits per heavy atom. The Morgan fingerprint density at radius 2 is 1.94 bits per heavy atom. The normalized spacial score (nSPS) is 31.0. The van der Waals surface area contributed by atoms with Crippen LogP contribution in [0.5, 0.6) is 0 Å².